The number of hydrogen-bond donors (Lipinski definition) is 1. The molecule has 0 amide bonds. The quantitative estimate of drug-likeness (QED) is 0.598. The molecule has 0 aromatic rings. The number of carbonyl (C=O) groups is 1. The Bertz CT molecular complexity index is 91.1. The lowest BCUT2D eigenvalue weighted by Crippen LogP contribution is -2.23. The van der Waals surface area contributed by atoms with Crippen LogP contribution in [0.2, 0.25) is 0 Å². The maximum atomic E-state index is 10.5. The van der Waals surface area contributed by atoms with E-state index >= 15 is 0 Å². The van der Waals surface area contributed by atoms with Gasteiger partial charge in [0.2, 0.25) is 0 Å². The van der Waals surface area contributed by atoms with E-state index in [4.69, 9.17) is 0 Å². The summed E-state index contributed by atoms with van der Waals surface area (Å²) in [5.74, 6) is 0.240. The molecular weight excluding hydrogens is 134 g/mol. The molecule has 9 heavy (non-hydrogen) atoms. The van der Waals surface area contributed by atoms with Gasteiger partial charge in [-0.15, -0.1) is 11.8 Å². The highest BCUT2D eigenvalue weighted by atomic mass is 32.2. The molecule has 3 heteroatoms. The Morgan fingerprint density at radius 2 is 2.33 bits per heavy atom. The van der Waals surface area contributed by atoms with Crippen LogP contribution in [0.5, 0.6) is 0 Å². The van der Waals surface area contributed by atoms with Crippen molar-refractivity contribution in [2.24, 2.45) is 0 Å². The molecule has 0 saturated heterocycles. The third-order valence-electron chi connectivity index (χ3n) is 1.08. The molecule has 0 aromatic heterocycles. The fourth-order valence-electron chi connectivity index (χ4n) is 0.564. The van der Waals surface area contributed by atoms with Gasteiger partial charge < -0.3 is 5.32 Å². The number of thioether (sulfide) groups is 1. The molecule has 0 fully saturated rings. The lowest BCUT2D eigenvalue weighted by atomic mass is 10.3. The summed E-state index contributed by atoms with van der Waals surface area (Å²) in [6, 6.07) is 0. The predicted molar refractivity (Wildman–Crippen MR) is 41.7 cm³/mol. The highest BCUT2D eigenvalue weighted by Crippen LogP contribution is 2.06. The van der Waals surface area contributed by atoms with Gasteiger partial charge >= 0.3 is 0 Å². The van der Waals surface area contributed by atoms with Crippen molar-refractivity contribution in [2.45, 2.75) is 18.7 Å². The summed E-state index contributed by atoms with van der Waals surface area (Å²) in [4.78, 5) is 10.5. The normalized spacial score (nSPS) is 13.2. The third kappa shape index (κ3) is 4.48. The molecule has 54 valence electrons. The van der Waals surface area contributed by atoms with Gasteiger partial charge in [-0.2, -0.15) is 0 Å². The summed E-state index contributed by atoms with van der Waals surface area (Å²) < 4.78 is 0. The first kappa shape index (κ1) is 8.98. The minimum absolute atomic E-state index is 0.240. The van der Waals surface area contributed by atoms with Gasteiger partial charge in [0.25, 0.3) is 0 Å². The molecule has 1 unspecified atom stereocenters. The van der Waals surface area contributed by atoms with Crippen LogP contribution >= 0.6 is 11.8 Å². The molecule has 2 nitrogen and oxygen atoms in total. The lowest BCUT2D eigenvalue weighted by molar-refractivity contribution is -0.117. The van der Waals surface area contributed by atoms with Crippen LogP contribution in [0.1, 0.15) is 13.3 Å². The largest absolute Gasteiger partial charge is 0.308 e. The van der Waals surface area contributed by atoms with Crippen LogP contribution < -0.4 is 5.32 Å². The molecule has 0 saturated carbocycles. The Hall–Kier alpha value is -0.0200. The zero-order chi connectivity index (χ0) is 7.28. The third-order valence-corrected chi connectivity index (χ3v) is 2.05. The maximum Gasteiger partial charge on any atom is 0.132 e. The molecule has 1 N–H and O–H groups in total. The van der Waals surface area contributed by atoms with Crippen molar-refractivity contribution in [1.29, 1.82) is 0 Å². The Labute approximate surface area is 60.4 Å². The van der Waals surface area contributed by atoms with Crippen molar-refractivity contribution in [1.82, 2.24) is 5.32 Å². The molecule has 0 bridgehead atoms. The average molecular weight is 147 g/mol. The summed E-state index contributed by atoms with van der Waals surface area (Å²) >= 11 is 1.67. The zero-order valence-corrected chi connectivity index (χ0v) is 6.92. The van der Waals surface area contributed by atoms with E-state index in [2.05, 4.69) is 5.32 Å². The molecule has 1 atom stereocenters. The first-order chi connectivity index (χ1) is 4.20. The van der Waals surface area contributed by atoms with Gasteiger partial charge in [-0.25, -0.2) is 0 Å². The van der Waals surface area contributed by atoms with Gasteiger partial charge in [0.1, 0.15) is 5.78 Å². The standard InChI is InChI=1S/C6H13NOS/c1-5(8)4-6(7-2)9-3/h6-7H,4H2,1-3H3. The molecule has 0 spiro atoms. The topological polar surface area (TPSA) is 29.1 Å². The highest BCUT2D eigenvalue weighted by Gasteiger charge is 2.04. The van der Waals surface area contributed by atoms with Crippen molar-refractivity contribution in [3.8, 4) is 0 Å². The molecular formula is C6H13NOS. The Morgan fingerprint density at radius 3 is 2.44 bits per heavy atom. The predicted octanol–water partition coefficient (Wildman–Crippen LogP) is 0.874. The van der Waals surface area contributed by atoms with Crippen LogP contribution in [-0.2, 0) is 4.79 Å². The summed E-state index contributed by atoms with van der Waals surface area (Å²) in [5, 5.41) is 3.32. The van der Waals surface area contributed by atoms with Crippen molar-refractivity contribution < 1.29 is 4.79 Å². The van der Waals surface area contributed by atoms with E-state index in [1.165, 1.54) is 0 Å². The summed E-state index contributed by atoms with van der Waals surface area (Å²) in [7, 11) is 1.87. The minimum Gasteiger partial charge on any atom is -0.308 e. The first-order valence-corrected chi connectivity index (χ1v) is 4.19. The first-order valence-electron chi connectivity index (χ1n) is 2.90. The van der Waals surface area contributed by atoms with Crippen LogP contribution in [0.25, 0.3) is 0 Å². The molecule has 0 aliphatic heterocycles. The Morgan fingerprint density at radius 1 is 1.78 bits per heavy atom. The van der Waals surface area contributed by atoms with Crippen molar-refractivity contribution in [2.75, 3.05) is 13.3 Å². The van der Waals surface area contributed by atoms with Crippen molar-refractivity contribution in [3.63, 3.8) is 0 Å². The van der Waals surface area contributed by atoms with Crippen LogP contribution in [0, 0.1) is 0 Å². The second-order valence-corrected chi connectivity index (χ2v) is 2.96. The second kappa shape index (κ2) is 4.82. The van der Waals surface area contributed by atoms with Gasteiger partial charge in [0.15, 0.2) is 0 Å². The molecule has 0 aliphatic rings. The molecule has 0 aliphatic carbocycles. The van der Waals surface area contributed by atoms with Gasteiger partial charge in [0.05, 0.1) is 5.37 Å². The average Bonchev–Trinajstić information content (AvgIpc) is 1.82. The van der Waals surface area contributed by atoms with E-state index in [9.17, 15) is 4.79 Å². The summed E-state index contributed by atoms with van der Waals surface area (Å²) in [5.41, 5.74) is 0. The smallest absolute Gasteiger partial charge is 0.132 e. The molecule has 0 aromatic carbocycles. The van der Waals surface area contributed by atoms with Crippen molar-refractivity contribution in [3.05, 3.63) is 0 Å². The Balaban J connectivity index is 3.43. The Kier molecular flexibility index (Phi) is 4.81. The maximum absolute atomic E-state index is 10.5. The number of hydrogen-bond acceptors (Lipinski definition) is 3. The summed E-state index contributed by atoms with van der Waals surface area (Å²) in [6.45, 7) is 1.61. The van der Waals surface area contributed by atoms with Gasteiger partial charge in [-0.3, -0.25) is 4.79 Å². The molecule has 0 radical (unpaired) electrons. The van der Waals surface area contributed by atoms with E-state index < -0.39 is 0 Å². The fourth-order valence-corrected chi connectivity index (χ4v) is 1.20. The summed E-state index contributed by atoms with van der Waals surface area (Å²) in [6.07, 6.45) is 2.61. The van der Waals surface area contributed by atoms with Gasteiger partial charge in [0, 0.05) is 6.42 Å². The number of rotatable bonds is 4. The highest BCUT2D eigenvalue weighted by molar-refractivity contribution is 7.99. The molecule has 0 heterocycles. The minimum atomic E-state index is 0.240. The SMILES string of the molecule is CNC(CC(C)=O)SC. The van der Waals surface area contributed by atoms with E-state index in [1.807, 2.05) is 13.3 Å². The number of nitrogens with one attached hydrogen (secondary N) is 1. The zero-order valence-electron chi connectivity index (χ0n) is 6.10. The van der Waals surface area contributed by atoms with Gasteiger partial charge in [-0.1, -0.05) is 0 Å². The van der Waals surface area contributed by atoms with Crippen LogP contribution in [0.15, 0.2) is 0 Å². The molecule has 0 rings (SSSR count). The number of carbonyl (C=O) groups excluding carboxylic acids is 1. The fraction of sp³-hybridized carbons (Fsp3) is 0.833. The second-order valence-electron chi connectivity index (χ2n) is 1.92. The van der Waals surface area contributed by atoms with Crippen LogP contribution in [0.3, 0.4) is 0 Å². The van der Waals surface area contributed by atoms with E-state index in [0.29, 0.717) is 11.8 Å². The lowest BCUT2D eigenvalue weighted by Gasteiger charge is -2.09. The number of Topliss-reactive ketones (excluding diaryl/α,β-unsaturated/α-hetero) is 1. The number of ketones is 1. The van der Waals surface area contributed by atoms with Crippen LogP contribution in [0.4, 0.5) is 0 Å². The van der Waals surface area contributed by atoms with Crippen LogP contribution in [-0.4, -0.2) is 24.5 Å². The van der Waals surface area contributed by atoms with Crippen molar-refractivity contribution >= 4 is 17.5 Å². The monoisotopic (exact) mass is 147 g/mol. The van der Waals surface area contributed by atoms with E-state index in [1.54, 1.807) is 18.7 Å². The van der Waals surface area contributed by atoms with Gasteiger partial charge in [-0.05, 0) is 20.2 Å². The van der Waals surface area contributed by atoms with E-state index in [0.717, 1.165) is 0 Å². The van der Waals surface area contributed by atoms with E-state index in [-0.39, 0.29) is 5.78 Å².